The number of hydrogen-bond acceptors (Lipinski definition) is 6. The summed E-state index contributed by atoms with van der Waals surface area (Å²) in [5.41, 5.74) is 0.524. The zero-order chi connectivity index (χ0) is 20.9. The first-order chi connectivity index (χ1) is 13.7. The quantitative estimate of drug-likeness (QED) is 0.687. The summed E-state index contributed by atoms with van der Waals surface area (Å²) in [6, 6.07) is 1.50. The number of benzene rings is 1. The molecule has 0 bridgehead atoms. The zero-order valence-electron chi connectivity index (χ0n) is 15.1. The van der Waals surface area contributed by atoms with Crippen molar-refractivity contribution < 1.29 is 32.3 Å². The zero-order valence-corrected chi connectivity index (χ0v) is 15.1. The molecule has 29 heavy (non-hydrogen) atoms. The van der Waals surface area contributed by atoms with Crippen LogP contribution >= 0.6 is 0 Å². The first-order valence-electron chi connectivity index (χ1n) is 9.07. The number of piperidine rings is 1. The number of nitrogens with zero attached hydrogens (tertiary/aromatic N) is 2. The number of imide groups is 2. The Morgan fingerprint density at radius 1 is 1.03 bits per heavy atom. The van der Waals surface area contributed by atoms with E-state index in [1.807, 2.05) is 0 Å². The summed E-state index contributed by atoms with van der Waals surface area (Å²) < 4.78 is 39.1. The molecule has 3 aliphatic heterocycles. The number of halogens is 3. The molecule has 0 saturated carbocycles. The van der Waals surface area contributed by atoms with Crippen LogP contribution < -0.4 is 15.5 Å². The molecule has 2 N–H and O–H groups in total. The van der Waals surface area contributed by atoms with Crippen LogP contribution in [0.25, 0.3) is 0 Å². The Morgan fingerprint density at radius 3 is 2.45 bits per heavy atom. The average molecular weight is 410 g/mol. The molecule has 3 aliphatic rings. The summed E-state index contributed by atoms with van der Waals surface area (Å²) in [4.78, 5) is 51.2. The first kappa shape index (κ1) is 19.4. The van der Waals surface area contributed by atoms with Crippen molar-refractivity contribution in [2.75, 3.05) is 24.5 Å². The third kappa shape index (κ3) is 3.35. The highest BCUT2D eigenvalue weighted by Crippen LogP contribution is 2.32. The molecule has 4 amide bonds. The lowest BCUT2D eigenvalue weighted by Gasteiger charge is -2.36. The lowest BCUT2D eigenvalue weighted by Crippen LogP contribution is -2.57. The van der Waals surface area contributed by atoms with Gasteiger partial charge in [-0.05, 0) is 24.6 Å². The van der Waals surface area contributed by atoms with Gasteiger partial charge in [-0.2, -0.15) is 13.2 Å². The Hall–Kier alpha value is -2.95. The molecule has 4 rings (SSSR count). The van der Waals surface area contributed by atoms with Gasteiger partial charge in [0.15, 0.2) is 0 Å². The summed E-state index contributed by atoms with van der Waals surface area (Å²) >= 11 is 0. The fourth-order valence-corrected chi connectivity index (χ4v) is 3.86. The SMILES string of the molecule is O=C1CCC(N2C(=O)c3ccc(N4CCNC(C(F)(F)F)C4)cc3C2=O)C(=O)N1. The molecule has 154 valence electrons. The number of hydrogen-bond donors (Lipinski definition) is 2. The molecule has 2 fully saturated rings. The van der Waals surface area contributed by atoms with E-state index in [1.165, 1.54) is 23.1 Å². The molecule has 3 heterocycles. The Labute approximate surface area is 163 Å². The van der Waals surface area contributed by atoms with Crippen LogP contribution in [-0.2, 0) is 9.59 Å². The maximum absolute atomic E-state index is 13.0. The summed E-state index contributed by atoms with van der Waals surface area (Å²) in [6.45, 7) is 0.113. The van der Waals surface area contributed by atoms with E-state index in [2.05, 4.69) is 10.6 Å². The predicted molar refractivity (Wildman–Crippen MR) is 93.2 cm³/mol. The molecule has 0 aliphatic carbocycles. The second kappa shape index (κ2) is 6.83. The molecule has 2 unspecified atom stereocenters. The Morgan fingerprint density at radius 2 is 1.76 bits per heavy atom. The van der Waals surface area contributed by atoms with Crippen molar-refractivity contribution in [3.63, 3.8) is 0 Å². The number of anilines is 1. The van der Waals surface area contributed by atoms with E-state index in [0.717, 1.165) is 4.90 Å². The van der Waals surface area contributed by atoms with Crippen LogP contribution in [0, 0.1) is 0 Å². The van der Waals surface area contributed by atoms with Gasteiger partial charge >= 0.3 is 6.18 Å². The van der Waals surface area contributed by atoms with Gasteiger partial charge in [0.1, 0.15) is 12.1 Å². The number of nitrogens with one attached hydrogen (secondary N) is 2. The van der Waals surface area contributed by atoms with Crippen LogP contribution in [0.1, 0.15) is 33.6 Å². The minimum absolute atomic E-state index is 0.00860. The number of rotatable bonds is 2. The van der Waals surface area contributed by atoms with Crippen molar-refractivity contribution in [2.24, 2.45) is 0 Å². The van der Waals surface area contributed by atoms with Gasteiger partial charge < -0.3 is 10.2 Å². The molecular weight excluding hydrogens is 393 g/mol. The van der Waals surface area contributed by atoms with Gasteiger partial charge in [0.25, 0.3) is 11.8 Å². The van der Waals surface area contributed by atoms with Gasteiger partial charge in [-0.3, -0.25) is 29.4 Å². The maximum atomic E-state index is 13.0. The number of fused-ring (bicyclic) bond motifs is 1. The van der Waals surface area contributed by atoms with Gasteiger partial charge in [-0.15, -0.1) is 0 Å². The molecule has 1 aromatic carbocycles. The predicted octanol–water partition coefficient (Wildman–Crippen LogP) is 0.428. The standard InChI is InChI=1S/C18H17F3N4O4/c19-18(20,21)13-8-24(6-5-22-13)9-1-2-10-11(7-9)17(29)25(16(10)28)12-3-4-14(26)23-15(12)27/h1-2,7,12-13,22H,3-6,8H2,(H,23,26,27). The third-order valence-corrected chi connectivity index (χ3v) is 5.36. The van der Waals surface area contributed by atoms with Crippen molar-refractivity contribution in [3.8, 4) is 0 Å². The molecule has 0 aromatic heterocycles. The molecule has 8 nitrogen and oxygen atoms in total. The van der Waals surface area contributed by atoms with Crippen LogP contribution in [0.3, 0.4) is 0 Å². The molecule has 0 radical (unpaired) electrons. The second-order valence-electron chi connectivity index (χ2n) is 7.17. The molecular formula is C18H17F3N4O4. The summed E-state index contributed by atoms with van der Waals surface area (Å²) in [6.07, 6.45) is -4.35. The topological polar surface area (TPSA) is 98.8 Å². The number of amides is 4. The fraction of sp³-hybridized carbons (Fsp3) is 0.444. The molecule has 0 spiro atoms. The van der Waals surface area contributed by atoms with Gasteiger partial charge in [0, 0.05) is 31.7 Å². The van der Waals surface area contributed by atoms with E-state index >= 15 is 0 Å². The van der Waals surface area contributed by atoms with E-state index < -0.39 is 41.9 Å². The van der Waals surface area contributed by atoms with E-state index in [-0.39, 0.29) is 37.1 Å². The van der Waals surface area contributed by atoms with Crippen LogP contribution in [0.4, 0.5) is 18.9 Å². The molecule has 2 saturated heterocycles. The first-order valence-corrected chi connectivity index (χ1v) is 9.07. The maximum Gasteiger partial charge on any atom is 0.405 e. The van der Waals surface area contributed by atoms with Gasteiger partial charge in [0.05, 0.1) is 11.1 Å². The smallest absolute Gasteiger partial charge is 0.368 e. The minimum atomic E-state index is -4.40. The normalized spacial score (nSPS) is 25.3. The number of carbonyl (C=O) groups excluding carboxylic acids is 4. The number of alkyl halides is 3. The highest BCUT2D eigenvalue weighted by atomic mass is 19.4. The average Bonchev–Trinajstić information content (AvgIpc) is 2.92. The van der Waals surface area contributed by atoms with Crippen molar-refractivity contribution >= 4 is 29.3 Å². The van der Waals surface area contributed by atoms with E-state index in [1.54, 1.807) is 0 Å². The lowest BCUT2D eigenvalue weighted by atomic mass is 10.0. The monoisotopic (exact) mass is 410 g/mol. The minimum Gasteiger partial charge on any atom is -0.368 e. The molecule has 2 atom stereocenters. The number of piperazine rings is 1. The van der Waals surface area contributed by atoms with E-state index in [0.29, 0.717) is 12.2 Å². The third-order valence-electron chi connectivity index (χ3n) is 5.36. The van der Waals surface area contributed by atoms with Crippen LogP contribution in [0.15, 0.2) is 18.2 Å². The van der Waals surface area contributed by atoms with Crippen LogP contribution in [0.5, 0.6) is 0 Å². The Balaban J connectivity index is 1.59. The second-order valence-corrected chi connectivity index (χ2v) is 7.17. The fourth-order valence-electron chi connectivity index (χ4n) is 3.86. The van der Waals surface area contributed by atoms with Gasteiger partial charge in [-0.25, -0.2) is 0 Å². The summed E-state index contributed by atoms with van der Waals surface area (Å²) in [5, 5.41) is 4.53. The van der Waals surface area contributed by atoms with E-state index in [9.17, 15) is 32.3 Å². The van der Waals surface area contributed by atoms with Crippen molar-refractivity contribution in [1.29, 1.82) is 0 Å². The number of carbonyl (C=O) groups is 4. The highest BCUT2D eigenvalue weighted by molar-refractivity contribution is 6.23. The molecule has 1 aromatic rings. The van der Waals surface area contributed by atoms with Gasteiger partial charge in [0.2, 0.25) is 11.8 Å². The van der Waals surface area contributed by atoms with Crippen LogP contribution in [-0.4, -0.2) is 66.4 Å². The Bertz CT molecular complexity index is 917. The summed E-state index contributed by atoms with van der Waals surface area (Å²) in [7, 11) is 0. The lowest BCUT2D eigenvalue weighted by molar-refractivity contribution is -0.155. The van der Waals surface area contributed by atoms with Crippen LogP contribution in [0.2, 0.25) is 0 Å². The Kier molecular flexibility index (Phi) is 4.56. The largest absolute Gasteiger partial charge is 0.405 e. The summed E-state index contributed by atoms with van der Waals surface area (Å²) in [5.74, 6) is -2.53. The van der Waals surface area contributed by atoms with E-state index in [4.69, 9.17) is 0 Å². The highest BCUT2D eigenvalue weighted by Gasteiger charge is 2.45. The van der Waals surface area contributed by atoms with Gasteiger partial charge in [-0.1, -0.05) is 0 Å². The molecule has 11 heteroatoms. The van der Waals surface area contributed by atoms with Crippen molar-refractivity contribution in [2.45, 2.75) is 31.1 Å². The van der Waals surface area contributed by atoms with Crippen molar-refractivity contribution in [3.05, 3.63) is 29.3 Å². The van der Waals surface area contributed by atoms with Crippen molar-refractivity contribution in [1.82, 2.24) is 15.5 Å².